The summed E-state index contributed by atoms with van der Waals surface area (Å²) in [6, 6.07) is 22.1. The number of H-pyrrole nitrogens is 1. The Morgan fingerprint density at radius 3 is 2.18 bits per heavy atom. The van der Waals surface area contributed by atoms with Crippen LogP contribution in [0.3, 0.4) is 0 Å². The number of alkyl halides is 2. The summed E-state index contributed by atoms with van der Waals surface area (Å²) in [4.78, 5) is 69.9. The number of hydrogen-bond donors (Lipinski definition) is 3. The Morgan fingerprint density at radius 1 is 0.775 bits per heavy atom. The summed E-state index contributed by atoms with van der Waals surface area (Å²) in [6.07, 6.45) is 3.50. The van der Waals surface area contributed by atoms with Gasteiger partial charge in [0, 0.05) is 55.0 Å². The Morgan fingerprint density at radius 2 is 1.45 bits per heavy atom. The van der Waals surface area contributed by atoms with E-state index in [1.807, 2.05) is 30.3 Å². The molecule has 11 rings (SSSR count). The van der Waals surface area contributed by atoms with Crippen LogP contribution in [0.1, 0.15) is 72.3 Å². The van der Waals surface area contributed by atoms with Gasteiger partial charge in [0.25, 0.3) is 11.8 Å². The van der Waals surface area contributed by atoms with E-state index < -0.39 is 48.1 Å². The fraction of sp³-hybridized carbons (Fsp3) is 0.396. The summed E-state index contributed by atoms with van der Waals surface area (Å²) < 4.78 is 61.1. The molecule has 4 atom stereocenters. The first kappa shape index (κ1) is 46.4. The standard InChI is InChI=1S/C53H53F2N7O9/c1-67-50(65)59-45(30-7-4-3-5-8-30)48(63)61-18-6-9-43(61)47-56-28-42(58-47)34-11-14-37-36-13-10-33(24-38(36)53(54,55)39(37)25-34)32-12-15-40-35(23-32)26-41(57-40)44-27-52(70-21-22-71-52)29-62(44)49(64)46(60-51(66)68-2)31-16-19-69-20-17-31/h3-5,7-8,10-15,23-25,28,31,43-46H,6,9,16-22,26-27,29H2,1-2H3,(H,56,58)(H,59,65)(H,60,66)/t43-,44-,45+,46-/m0/s1. The third kappa shape index (κ3) is 8.50. The fourth-order valence-corrected chi connectivity index (χ4v) is 11.3. The number of fused-ring (bicyclic) bond motifs is 4. The molecule has 5 aromatic rings. The highest BCUT2D eigenvalue weighted by molar-refractivity contribution is 6.01. The van der Waals surface area contributed by atoms with Crippen LogP contribution in [0.25, 0.3) is 33.5 Å². The van der Waals surface area contributed by atoms with Crippen LogP contribution in [-0.2, 0) is 45.6 Å². The molecular formula is C53H53F2N7O9. The highest BCUT2D eigenvalue weighted by atomic mass is 19.3. The quantitative estimate of drug-likeness (QED) is 0.125. The molecule has 0 bridgehead atoms. The lowest BCUT2D eigenvalue weighted by Crippen LogP contribution is -2.55. The number of amides is 4. The average Bonchev–Trinajstić information content (AvgIpc) is 4.28. The van der Waals surface area contributed by atoms with Gasteiger partial charge >= 0.3 is 12.2 Å². The second kappa shape index (κ2) is 18.6. The molecule has 0 radical (unpaired) electrons. The van der Waals surface area contributed by atoms with Crippen molar-refractivity contribution in [2.75, 3.05) is 53.7 Å². The van der Waals surface area contributed by atoms with Gasteiger partial charge in [0.05, 0.1) is 63.6 Å². The van der Waals surface area contributed by atoms with Crippen molar-refractivity contribution in [3.05, 3.63) is 119 Å². The van der Waals surface area contributed by atoms with Crippen molar-refractivity contribution in [3.63, 3.8) is 0 Å². The van der Waals surface area contributed by atoms with Crippen molar-refractivity contribution in [1.82, 2.24) is 30.4 Å². The van der Waals surface area contributed by atoms with E-state index in [0.717, 1.165) is 22.5 Å². The molecule has 6 aliphatic rings. The molecule has 71 heavy (non-hydrogen) atoms. The van der Waals surface area contributed by atoms with E-state index in [4.69, 9.17) is 28.7 Å². The van der Waals surface area contributed by atoms with Crippen molar-refractivity contribution in [1.29, 1.82) is 0 Å². The Balaban J connectivity index is 0.811. The second-order valence-electron chi connectivity index (χ2n) is 18.9. The van der Waals surface area contributed by atoms with E-state index in [2.05, 4.69) is 20.6 Å². The zero-order chi connectivity index (χ0) is 49.0. The maximum Gasteiger partial charge on any atom is 0.407 e. The SMILES string of the molecule is COC(=O)N[C@H](C(=O)N1CC2(C[C@H]1C1=Nc3ccc(-c4ccc5c(c4)C(F)(F)c4cc(-c6cnc([C@@H]7CCCN7C(=O)[C@H](NC(=O)OC)c7ccccc7)[nH]6)ccc4-5)cc3C1)OCCO2)C1CCOCC1. The molecule has 1 aromatic heterocycles. The van der Waals surface area contributed by atoms with Gasteiger partial charge in [-0.2, -0.15) is 8.78 Å². The van der Waals surface area contributed by atoms with Crippen LogP contribution >= 0.6 is 0 Å². The Hall–Kier alpha value is -7.02. The monoisotopic (exact) mass is 969 g/mol. The van der Waals surface area contributed by atoms with E-state index >= 15 is 8.78 Å². The van der Waals surface area contributed by atoms with E-state index in [-0.39, 0.29) is 35.4 Å². The second-order valence-corrected chi connectivity index (χ2v) is 18.9. The van der Waals surface area contributed by atoms with Crippen LogP contribution in [0.2, 0.25) is 0 Å². The molecule has 4 aromatic carbocycles. The van der Waals surface area contributed by atoms with Crippen molar-refractivity contribution in [3.8, 4) is 33.5 Å². The summed E-state index contributed by atoms with van der Waals surface area (Å²) >= 11 is 0. The van der Waals surface area contributed by atoms with E-state index in [1.54, 1.807) is 64.5 Å². The molecule has 0 unspecified atom stereocenters. The first-order valence-corrected chi connectivity index (χ1v) is 24.1. The molecule has 6 heterocycles. The number of carbonyl (C=O) groups is 4. The normalized spacial score (nSPS) is 21.5. The summed E-state index contributed by atoms with van der Waals surface area (Å²) in [5, 5.41) is 5.48. The number of aliphatic imine (C=N–C) groups is 1. The number of hydrogen-bond acceptors (Lipinski definition) is 11. The highest BCUT2D eigenvalue weighted by Gasteiger charge is 2.54. The third-order valence-corrected chi connectivity index (χ3v) is 14.9. The van der Waals surface area contributed by atoms with Gasteiger partial charge in [0.2, 0.25) is 5.91 Å². The van der Waals surface area contributed by atoms with Crippen LogP contribution in [0, 0.1) is 5.92 Å². The van der Waals surface area contributed by atoms with E-state index in [9.17, 15) is 19.2 Å². The molecule has 4 saturated heterocycles. The number of methoxy groups -OCH3 is 2. The van der Waals surface area contributed by atoms with Gasteiger partial charge in [-0.15, -0.1) is 0 Å². The number of benzene rings is 4. The minimum Gasteiger partial charge on any atom is -0.453 e. The zero-order valence-electron chi connectivity index (χ0n) is 39.3. The van der Waals surface area contributed by atoms with Crippen LogP contribution in [-0.4, -0.2) is 121 Å². The van der Waals surface area contributed by atoms with E-state index in [1.165, 1.54) is 20.3 Å². The molecule has 368 valence electrons. The highest BCUT2D eigenvalue weighted by Crippen LogP contribution is 2.53. The number of imidazole rings is 1. The maximum atomic E-state index is 16.8. The third-order valence-electron chi connectivity index (χ3n) is 14.9. The molecule has 16 nitrogen and oxygen atoms in total. The lowest BCUT2D eigenvalue weighted by molar-refractivity contribution is -0.154. The van der Waals surface area contributed by atoms with Gasteiger partial charge in [-0.25, -0.2) is 14.6 Å². The molecular weight excluding hydrogens is 917 g/mol. The number of carbonyl (C=O) groups excluding carboxylic acids is 4. The lowest BCUT2D eigenvalue weighted by atomic mass is 9.90. The number of ether oxygens (including phenoxy) is 5. The molecule has 18 heteroatoms. The Labute approximate surface area is 408 Å². The number of aromatic amines is 1. The molecule has 1 spiro atoms. The van der Waals surface area contributed by atoms with Crippen molar-refractivity contribution in [2.45, 2.75) is 74.4 Å². The maximum absolute atomic E-state index is 16.8. The zero-order valence-corrected chi connectivity index (χ0v) is 39.3. The summed E-state index contributed by atoms with van der Waals surface area (Å²) in [5.41, 5.74) is 6.07. The largest absolute Gasteiger partial charge is 0.453 e. The number of likely N-dealkylation sites (tertiary alicyclic amines) is 2. The first-order valence-electron chi connectivity index (χ1n) is 24.1. The van der Waals surface area contributed by atoms with Crippen LogP contribution in [0.5, 0.6) is 0 Å². The average molecular weight is 970 g/mol. The number of nitrogens with one attached hydrogen (secondary N) is 3. The number of rotatable bonds is 10. The van der Waals surface area contributed by atoms with Gasteiger partial charge in [-0.05, 0) is 89.2 Å². The molecule has 3 N–H and O–H groups in total. The topological polar surface area (TPSA) is 186 Å². The smallest absolute Gasteiger partial charge is 0.407 e. The molecule has 4 fully saturated rings. The minimum atomic E-state index is -3.32. The van der Waals surface area contributed by atoms with Gasteiger partial charge in [0.1, 0.15) is 17.9 Å². The lowest BCUT2D eigenvalue weighted by Gasteiger charge is -2.34. The summed E-state index contributed by atoms with van der Waals surface area (Å²) in [5.74, 6) is -4.53. The molecule has 0 saturated carbocycles. The first-order chi connectivity index (χ1) is 34.4. The Kier molecular flexibility index (Phi) is 12.2. The van der Waals surface area contributed by atoms with Gasteiger partial charge in [-0.1, -0.05) is 60.7 Å². The van der Waals surface area contributed by atoms with Crippen molar-refractivity contribution in [2.24, 2.45) is 10.9 Å². The summed E-state index contributed by atoms with van der Waals surface area (Å²) in [7, 11) is 2.51. The summed E-state index contributed by atoms with van der Waals surface area (Å²) in [6.45, 7) is 2.37. The predicted octanol–water partition coefficient (Wildman–Crippen LogP) is 7.75. The number of halogens is 2. The Bertz CT molecular complexity index is 2930. The van der Waals surface area contributed by atoms with E-state index in [0.29, 0.717) is 111 Å². The number of aromatic nitrogens is 2. The predicted molar refractivity (Wildman–Crippen MR) is 255 cm³/mol. The van der Waals surface area contributed by atoms with Gasteiger partial charge in [0.15, 0.2) is 5.79 Å². The van der Waals surface area contributed by atoms with Crippen LogP contribution in [0.15, 0.2) is 96.1 Å². The van der Waals surface area contributed by atoms with Crippen LogP contribution in [0.4, 0.5) is 24.1 Å². The molecule has 1 aliphatic carbocycles. The molecule has 4 amide bonds. The van der Waals surface area contributed by atoms with Gasteiger partial charge < -0.3 is 49.1 Å². The minimum absolute atomic E-state index is 0.0971. The van der Waals surface area contributed by atoms with Gasteiger partial charge in [-0.3, -0.25) is 14.6 Å². The molecule has 5 aliphatic heterocycles. The number of alkyl carbamates (subject to hydrolysis) is 2. The van der Waals surface area contributed by atoms with Crippen molar-refractivity contribution >= 4 is 35.4 Å². The number of nitrogens with zero attached hydrogens (tertiary/aromatic N) is 4. The van der Waals surface area contributed by atoms with Crippen LogP contribution < -0.4 is 10.6 Å². The fourth-order valence-electron chi connectivity index (χ4n) is 11.3. The van der Waals surface area contributed by atoms with Crippen molar-refractivity contribution < 1.29 is 51.6 Å².